The average molecular weight is 365 g/mol. The van der Waals surface area contributed by atoms with E-state index in [-0.39, 0.29) is 17.8 Å². The second kappa shape index (κ2) is 7.28. The lowest BCUT2D eigenvalue weighted by molar-refractivity contribution is -0.137. The van der Waals surface area contributed by atoms with Gasteiger partial charge in [-0.05, 0) is 50.6 Å². The fourth-order valence-electron chi connectivity index (χ4n) is 2.75. The van der Waals surface area contributed by atoms with Crippen LogP contribution in [0.15, 0.2) is 17.0 Å². The molecule has 1 aromatic carbocycles. The van der Waals surface area contributed by atoms with Crippen LogP contribution in [-0.2, 0) is 16.2 Å². The first-order chi connectivity index (χ1) is 11.1. The van der Waals surface area contributed by atoms with E-state index >= 15 is 0 Å². The summed E-state index contributed by atoms with van der Waals surface area (Å²) in [5.41, 5.74) is 4.42. The summed E-state index contributed by atoms with van der Waals surface area (Å²) in [7, 11) is -4.05. The molecule has 0 spiro atoms. The Bertz CT molecular complexity index is 684. The molecule has 9 heteroatoms. The third-order valence-corrected chi connectivity index (χ3v) is 5.77. The lowest BCUT2D eigenvalue weighted by Gasteiger charge is -2.26. The number of piperidine rings is 1. The summed E-state index contributed by atoms with van der Waals surface area (Å²) < 4.78 is 65.8. The van der Waals surface area contributed by atoms with Crippen LogP contribution in [0.5, 0.6) is 0 Å². The van der Waals surface area contributed by atoms with Crippen LogP contribution in [0.1, 0.15) is 30.4 Å². The number of sulfonamides is 1. The normalized spacial score (nSPS) is 17.2. The van der Waals surface area contributed by atoms with Crippen molar-refractivity contribution < 1.29 is 21.6 Å². The van der Waals surface area contributed by atoms with E-state index in [2.05, 4.69) is 9.62 Å². The minimum absolute atomic E-state index is 0.119. The highest BCUT2D eigenvalue weighted by Gasteiger charge is 2.33. The molecule has 0 aliphatic carbocycles. The molecule has 1 aromatic rings. The van der Waals surface area contributed by atoms with Gasteiger partial charge < -0.3 is 10.6 Å². The lowest BCUT2D eigenvalue weighted by Crippen LogP contribution is -2.37. The zero-order valence-corrected chi connectivity index (χ0v) is 14.3. The van der Waals surface area contributed by atoms with E-state index in [0.29, 0.717) is 12.6 Å². The molecule has 0 radical (unpaired) electrons. The SMILES string of the molecule is Cc1c(N)cc(C(F)(F)F)cc1S(=O)(=O)NCCN1CCCCC1. The molecule has 0 amide bonds. The van der Waals surface area contributed by atoms with Crippen molar-refractivity contribution in [1.29, 1.82) is 0 Å². The summed E-state index contributed by atoms with van der Waals surface area (Å²) in [6, 6.07) is 1.39. The first-order valence-corrected chi connectivity index (χ1v) is 9.29. The summed E-state index contributed by atoms with van der Waals surface area (Å²) in [5.74, 6) is 0. The van der Waals surface area contributed by atoms with Crippen molar-refractivity contribution in [2.24, 2.45) is 0 Å². The van der Waals surface area contributed by atoms with Crippen LogP contribution < -0.4 is 10.5 Å². The number of nitrogens with two attached hydrogens (primary N) is 1. The van der Waals surface area contributed by atoms with Crippen LogP contribution in [0.4, 0.5) is 18.9 Å². The number of nitrogens with zero attached hydrogens (tertiary/aromatic N) is 1. The molecule has 0 atom stereocenters. The van der Waals surface area contributed by atoms with Crippen molar-refractivity contribution in [3.63, 3.8) is 0 Å². The topological polar surface area (TPSA) is 75.4 Å². The van der Waals surface area contributed by atoms with Gasteiger partial charge in [0, 0.05) is 18.8 Å². The number of likely N-dealkylation sites (tertiary alicyclic amines) is 1. The van der Waals surface area contributed by atoms with E-state index in [4.69, 9.17) is 5.73 Å². The summed E-state index contributed by atoms with van der Waals surface area (Å²) in [4.78, 5) is 1.72. The van der Waals surface area contributed by atoms with Crippen LogP contribution in [-0.4, -0.2) is 39.5 Å². The summed E-state index contributed by atoms with van der Waals surface area (Å²) in [5, 5.41) is 0. The molecule has 136 valence electrons. The van der Waals surface area contributed by atoms with Gasteiger partial charge in [-0.1, -0.05) is 6.42 Å². The van der Waals surface area contributed by atoms with Crippen molar-refractivity contribution in [3.05, 3.63) is 23.3 Å². The lowest BCUT2D eigenvalue weighted by atomic mass is 10.1. The number of alkyl halides is 3. The monoisotopic (exact) mass is 365 g/mol. The van der Waals surface area contributed by atoms with E-state index < -0.39 is 26.7 Å². The molecule has 0 aromatic heterocycles. The van der Waals surface area contributed by atoms with Crippen molar-refractivity contribution in [1.82, 2.24) is 9.62 Å². The van der Waals surface area contributed by atoms with Gasteiger partial charge in [0.1, 0.15) is 0 Å². The van der Waals surface area contributed by atoms with Gasteiger partial charge in [-0.25, -0.2) is 13.1 Å². The Morgan fingerprint density at radius 2 is 1.83 bits per heavy atom. The van der Waals surface area contributed by atoms with Crippen LogP contribution in [0.2, 0.25) is 0 Å². The molecule has 5 nitrogen and oxygen atoms in total. The summed E-state index contributed by atoms with van der Waals surface area (Å²) in [6.45, 7) is 3.91. The molecule has 1 aliphatic rings. The Hall–Kier alpha value is -1.32. The Morgan fingerprint density at radius 1 is 1.21 bits per heavy atom. The fourth-order valence-corrected chi connectivity index (χ4v) is 4.07. The van der Waals surface area contributed by atoms with E-state index in [0.717, 1.165) is 32.0 Å². The third-order valence-electron chi connectivity index (χ3n) is 4.19. The molecule has 24 heavy (non-hydrogen) atoms. The largest absolute Gasteiger partial charge is 0.416 e. The zero-order valence-electron chi connectivity index (χ0n) is 13.5. The predicted octanol–water partition coefficient (Wildman–Crippen LogP) is 2.36. The maximum atomic E-state index is 12.9. The Morgan fingerprint density at radius 3 is 2.42 bits per heavy atom. The second-order valence-electron chi connectivity index (χ2n) is 5.99. The number of hydrogen-bond acceptors (Lipinski definition) is 4. The first-order valence-electron chi connectivity index (χ1n) is 7.80. The van der Waals surface area contributed by atoms with Crippen LogP contribution >= 0.6 is 0 Å². The number of nitrogen functional groups attached to an aromatic ring is 1. The minimum atomic E-state index is -4.65. The fraction of sp³-hybridized carbons (Fsp3) is 0.600. The molecular formula is C15H22F3N3O2S. The first kappa shape index (κ1) is 19.0. The molecular weight excluding hydrogens is 343 g/mol. The number of rotatable bonds is 5. The second-order valence-corrected chi connectivity index (χ2v) is 7.72. The molecule has 0 unspecified atom stereocenters. The average Bonchev–Trinajstić information content (AvgIpc) is 2.49. The predicted molar refractivity (Wildman–Crippen MR) is 86.1 cm³/mol. The van der Waals surface area contributed by atoms with Gasteiger partial charge in [-0.2, -0.15) is 13.2 Å². The van der Waals surface area contributed by atoms with Crippen molar-refractivity contribution >= 4 is 15.7 Å². The van der Waals surface area contributed by atoms with Crippen LogP contribution in [0.3, 0.4) is 0 Å². The number of halogens is 3. The van der Waals surface area contributed by atoms with Gasteiger partial charge in [0.25, 0.3) is 0 Å². The maximum absolute atomic E-state index is 12.9. The molecule has 1 fully saturated rings. The molecule has 1 saturated heterocycles. The Balaban J connectivity index is 2.14. The van der Waals surface area contributed by atoms with Gasteiger partial charge in [0.05, 0.1) is 10.5 Å². The highest BCUT2D eigenvalue weighted by atomic mass is 32.2. The van der Waals surface area contributed by atoms with Gasteiger partial charge in [-0.15, -0.1) is 0 Å². The van der Waals surface area contributed by atoms with E-state index in [9.17, 15) is 21.6 Å². The quantitative estimate of drug-likeness (QED) is 0.786. The number of nitrogens with one attached hydrogen (secondary N) is 1. The molecule has 0 bridgehead atoms. The number of benzene rings is 1. The van der Waals surface area contributed by atoms with Crippen LogP contribution in [0.25, 0.3) is 0 Å². The number of anilines is 1. The maximum Gasteiger partial charge on any atom is 0.416 e. The third kappa shape index (κ3) is 4.61. The Kier molecular flexibility index (Phi) is 5.77. The molecule has 1 aliphatic heterocycles. The zero-order chi connectivity index (χ0) is 18.0. The van der Waals surface area contributed by atoms with Gasteiger partial charge in [0.2, 0.25) is 10.0 Å². The highest BCUT2D eigenvalue weighted by molar-refractivity contribution is 7.89. The van der Waals surface area contributed by atoms with E-state index in [1.165, 1.54) is 13.3 Å². The molecule has 0 saturated carbocycles. The standard InChI is InChI=1S/C15H22F3N3O2S/c1-11-13(19)9-12(15(16,17)18)10-14(11)24(22,23)20-5-8-21-6-3-2-4-7-21/h9-10,20H,2-8,19H2,1H3. The van der Waals surface area contributed by atoms with Gasteiger partial charge in [0.15, 0.2) is 0 Å². The molecule has 1 heterocycles. The van der Waals surface area contributed by atoms with Gasteiger partial charge in [-0.3, -0.25) is 0 Å². The van der Waals surface area contributed by atoms with Crippen molar-refractivity contribution in [2.75, 3.05) is 31.9 Å². The van der Waals surface area contributed by atoms with Crippen molar-refractivity contribution in [2.45, 2.75) is 37.3 Å². The summed E-state index contributed by atoms with van der Waals surface area (Å²) in [6.07, 6.45) is -1.32. The van der Waals surface area contributed by atoms with Crippen molar-refractivity contribution in [3.8, 4) is 0 Å². The summed E-state index contributed by atoms with van der Waals surface area (Å²) >= 11 is 0. The Labute approximate surface area is 140 Å². The highest BCUT2D eigenvalue weighted by Crippen LogP contribution is 2.34. The van der Waals surface area contributed by atoms with Crippen LogP contribution in [0, 0.1) is 6.92 Å². The number of hydrogen-bond donors (Lipinski definition) is 2. The molecule has 2 rings (SSSR count). The smallest absolute Gasteiger partial charge is 0.398 e. The van der Waals surface area contributed by atoms with E-state index in [1.807, 2.05) is 0 Å². The van der Waals surface area contributed by atoms with Gasteiger partial charge >= 0.3 is 6.18 Å². The minimum Gasteiger partial charge on any atom is -0.398 e. The van der Waals surface area contributed by atoms with E-state index in [1.54, 1.807) is 0 Å². The molecule has 3 N–H and O–H groups in total.